The van der Waals surface area contributed by atoms with Crippen LogP contribution >= 0.6 is 0 Å². The Morgan fingerprint density at radius 2 is 1.31 bits per heavy atom. The second-order valence-corrected chi connectivity index (χ2v) is 9.05. The molecule has 16 heteroatoms. The molecule has 3 fully saturated rings. The summed E-state index contributed by atoms with van der Waals surface area (Å²) < 4.78 is 27.0. The molecule has 0 bridgehead atoms. The first-order valence-electron chi connectivity index (χ1n) is 11.4. The fraction of sp³-hybridized carbons (Fsp3) is 0.950. The third-order valence-corrected chi connectivity index (χ3v) is 6.45. The van der Waals surface area contributed by atoms with E-state index in [4.69, 9.17) is 23.7 Å². The van der Waals surface area contributed by atoms with Crippen LogP contribution in [0, 0.1) is 0 Å². The van der Waals surface area contributed by atoms with Crippen LogP contribution in [-0.2, 0) is 28.5 Å². The molecule has 16 nitrogen and oxygen atoms in total. The van der Waals surface area contributed by atoms with Crippen molar-refractivity contribution in [1.29, 1.82) is 0 Å². The third-order valence-electron chi connectivity index (χ3n) is 6.45. The molecule has 36 heavy (non-hydrogen) atoms. The molecule has 210 valence electrons. The van der Waals surface area contributed by atoms with Gasteiger partial charge in [0.25, 0.3) is 0 Å². The predicted octanol–water partition coefficient (Wildman–Crippen LogP) is -6.40. The summed E-state index contributed by atoms with van der Waals surface area (Å²) in [4.78, 5) is 11.6. The second-order valence-electron chi connectivity index (χ2n) is 9.05. The van der Waals surface area contributed by atoms with E-state index in [1.54, 1.807) is 0 Å². The molecule has 3 saturated heterocycles. The number of hydrogen-bond acceptors (Lipinski definition) is 15. The highest BCUT2D eigenvalue weighted by molar-refractivity contribution is 5.73. The minimum atomic E-state index is -1.88. The summed E-state index contributed by atoms with van der Waals surface area (Å²) >= 11 is 0. The van der Waals surface area contributed by atoms with Crippen molar-refractivity contribution in [2.45, 2.75) is 106 Å². The fourth-order valence-corrected chi connectivity index (χ4v) is 4.40. The van der Waals surface area contributed by atoms with E-state index in [9.17, 15) is 50.8 Å². The van der Waals surface area contributed by atoms with Gasteiger partial charge in [0.2, 0.25) is 5.91 Å². The van der Waals surface area contributed by atoms with Crippen molar-refractivity contribution in [3.8, 4) is 0 Å². The number of aliphatic hydroxyl groups excluding tert-OH is 9. The molecule has 15 atom stereocenters. The molecule has 0 aliphatic carbocycles. The summed E-state index contributed by atoms with van der Waals surface area (Å²) in [6, 6.07) is -1.37. The molecule has 0 saturated carbocycles. The lowest BCUT2D eigenvalue weighted by atomic mass is 9.95. The molecular weight excluding hydrogens is 494 g/mol. The Kier molecular flexibility index (Phi) is 9.97. The van der Waals surface area contributed by atoms with Gasteiger partial charge in [0.15, 0.2) is 18.9 Å². The zero-order chi connectivity index (χ0) is 26.9. The molecule has 10 N–H and O–H groups in total. The molecule has 3 aliphatic heterocycles. The van der Waals surface area contributed by atoms with Crippen molar-refractivity contribution in [2.24, 2.45) is 0 Å². The number of amides is 1. The molecule has 0 unspecified atom stereocenters. The van der Waals surface area contributed by atoms with Crippen molar-refractivity contribution in [2.75, 3.05) is 13.2 Å². The molecule has 3 rings (SSSR count). The van der Waals surface area contributed by atoms with Crippen LogP contribution in [0.5, 0.6) is 0 Å². The Bertz CT molecular complexity index is 715. The van der Waals surface area contributed by atoms with E-state index in [2.05, 4.69) is 5.32 Å². The standard InChI is InChI=1S/C20H35NO15/c1-5-10(25)17(15(30)18(31)32-5)36-20-14(29)13(28)16(8(4-23)34-20)35-19-9(21-6(2)24)12(27)11(26)7(3-22)33-19/h5,7-20,22-23,25-31H,3-4H2,1-2H3,(H,21,24)/t5-,7+,8+,9-,10-,11+,12+,13+,14+,15+,16+,17+,18+,19-,20+/m0/s1. The number of hydrogen-bond donors (Lipinski definition) is 10. The first-order valence-corrected chi connectivity index (χ1v) is 11.4. The van der Waals surface area contributed by atoms with Crippen molar-refractivity contribution < 1.29 is 74.4 Å². The minimum Gasteiger partial charge on any atom is -0.394 e. The maximum Gasteiger partial charge on any atom is 0.217 e. The van der Waals surface area contributed by atoms with Gasteiger partial charge in [-0.2, -0.15) is 0 Å². The summed E-state index contributed by atoms with van der Waals surface area (Å²) in [7, 11) is 0. The van der Waals surface area contributed by atoms with E-state index in [1.807, 2.05) is 0 Å². The van der Waals surface area contributed by atoms with Gasteiger partial charge >= 0.3 is 0 Å². The zero-order valence-electron chi connectivity index (χ0n) is 19.5. The Morgan fingerprint density at radius 1 is 0.722 bits per heavy atom. The highest BCUT2D eigenvalue weighted by Gasteiger charge is 2.53. The van der Waals surface area contributed by atoms with E-state index in [1.165, 1.54) is 6.92 Å². The fourth-order valence-electron chi connectivity index (χ4n) is 4.40. The Morgan fingerprint density at radius 3 is 1.89 bits per heavy atom. The first kappa shape index (κ1) is 29.5. The van der Waals surface area contributed by atoms with Crippen LogP contribution in [0.15, 0.2) is 0 Å². The van der Waals surface area contributed by atoms with E-state index in [-0.39, 0.29) is 0 Å². The number of carbonyl (C=O) groups excluding carboxylic acids is 1. The molecule has 0 spiro atoms. The average Bonchev–Trinajstić information content (AvgIpc) is 2.83. The van der Waals surface area contributed by atoms with Gasteiger partial charge < -0.3 is 75.0 Å². The monoisotopic (exact) mass is 529 g/mol. The van der Waals surface area contributed by atoms with E-state index < -0.39 is 111 Å². The van der Waals surface area contributed by atoms with Gasteiger partial charge in [-0.05, 0) is 6.92 Å². The van der Waals surface area contributed by atoms with Crippen LogP contribution in [0.2, 0.25) is 0 Å². The van der Waals surface area contributed by atoms with E-state index in [0.29, 0.717) is 0 Å². The van der Waals surface area contributed by atoms with Crippen molar-refractivity contribution >= 4 is 5.91 Å². The molecule has 0 aromatic heterocycles. The largest absolute Gasteiger partial charge is 0.394 e. The number of ether oxygens (including phenoxy) is 5. The van der Waals surface area contributed by atoms with Crippen LogP contribution in [0.1, 0.15) is 13.8 Å². The van der Waals surface area contributed by atoms with Gasteiger partial charge in [-0.3, -0.25) is 4.79 Å². The lowest BCUT2D eigenvalue weighted by Gasteiger charge is -2.48. The van der Waals surface area contributed by atoms with Gasteiger partial charge in [0, 0.05) is 6.92 Å². The van der Waals surface area contributed by atoms with Gasteiger partial charge in [0.05, 0.1) is 19.3 Å². The maximum atomic E-state index is 11.6. The topological polar surface area (TPSA) is 257 Å². The highest BCUT2D eigenvalue weighted by atomic mass is 16.7. The van der Waals surface area contributed by atoms with Crippen LogP contribution in [0.4, 0.5) is 0 Å². The number of carbonyl (C=O) groups is 1. The number of aliphatic hydroxyl groups is 9. The third kappa shape index (κ3) is 5.97. The molecule has 0 radical (unpaired) electrons. The number of rotatable bonds is 7. The minimum absolute atomic E-state index is 0.622. The first-order chi connectivity index (χ1) is 16.9. The Labute approximate surface area is 205 Å². The highest BCUT2D eigenvalue weighted by Crippen LogP contribution is 2.32. The van der Waals surface area contributed by atoms with Crippen molar-refractivity contribution in [1.82, 2.24) is 5.32 Å². The normalized spacial score (nSPS) is 50.0. The van der Waals surface area contributed by atoms with Crippen molar-refractivity contribution in [3.63, 3.8) is 0 Å². The van der Waals surface area contributed by atoms with Gasteiger partial charge in [-0.15, -0.1) is 0 Å². The summed E-state index contributed by atoms with van der Waals surface area (Å²) in [5, 5.41) is 93.8. The van der Waals surface area contributed by atoms with E-state index >= 15 is 0 Å². The van der Waals surface area contributed by atoms with Crippen LogP contribution < -0.4 is 5.32 Å². The molecule has 0 aromatic rings. The van der Waals surface area contributed by atoms with E-state index in [0.717, 1.165) is 6.92 Å². The predicted molar refractivity (Wildman–Crippen MR) is 111 cm³/mol. The number of nitrogens with one attached hydrogen (secondary N) is 1. The maximum absolute atomic E-state index is 11.6. The van der Waals surface area contributed by atoms with Crippen LogP contribution in [-0.4, -0.2) is 157 Å². The Balaban J connectivity index is 1.77. The summed E-state index contributed by atoms with van der Waals surface area (Å²) in [6.07, 6.45) is -21.8. The lowest BCUT2D eigenvalue weighted by molar-refractivity contribution is -0.370. The Hall–Kier alpha value is -1.09. The molecule has 3 heterocycles. The zero-order valence-corrected chi connectivity index (χ0v) is 19.5. The second kappa shape index (κ2) is 12.2. The average molecular weight is 529 g/mol. The molecular formula is C20H35NO15. The summed E-state index contributed by atoms with van der Waals surface area (Å²) in [5.74, 6) is -0.622. The summed E-state index contributed by atoms with van der Waals surface area (Å²) in [5.41, 5.74) is 0. The smallest absolute Gasteiger partial charge is 0.217 e. The van der Waals surface area contributed by atoms with Gasteiger partial charge in [-0.25, -0.2) is 0 Å². The van der Waals surface area contributed by atoms with Crippen LogP contribution in [0.3, 0.4) is 0 Å². The summed E-state index contributed by atoms with van der Waals surface area (Å²) in [6.45, 7) is 1.02. The van der Waals surface area contributed by atoms with Gasteiger partial charge in [-0.1, -0.05) is 0 Å². The quantitative estimate of drug-likeness (QED) is 0.147. The lowest BCUT2D eigenvalue weighted by Crippen LogP contribution is -2.68. The van der Waals surface area contributed by atoms with Crippen LogP contribution in [0.25, 0.3) is 0 Å². The van der Waals surface area contributed by atoms with Crippen molar-refractivity contribution in [3.05, 3.63) is 0 Å². The molecule has 0 aromatic carbocycles. The molecule has 3 aliphatic rings. The SMILES string of the molecule is CC(=O)N[C@@H]1[C@H](O[C@H]2[C@H](O)[C@@H](O)[C@@H](O[C@@H]3[C@@H](O)[C@H](C)O[C@@H](O)[C@@H]3O)O[C@@H]2CO)O[C@H](CO)[C@@H](O)[C@@H]1O. The van der Waals surface area contributed by atoms with Gasteiger partial charge in [0.1, 0.15) is 67.1 Å². The molecule has 1 amide bonds.